The van der Waals surface area contributed by atoms with E-state index in [-0.39, 0.29) is 0 Å². The molecule has 1 unspecified atom stereocenters. The predicted molar refractivity (Wildman–Crippen MR) is 74.1 cm³/mol. The van der Waals surface area contributed by atoms with Gasteiger partial charge in [-0.2, -0.15) is 4.98 Å². The zero-order valence-corrected chi connectivity index (χ0v) is 11.4. The Labute approximate surface area is 109 Å². The van der Waals surface area contributed by atoms with Crippen molar-refractivity contribution >= 4 is 11.5 Å². The van der Waals surface area contributed by atoms with Gasteiger partial charge in [-0.3, -0.25) is 0 Å². The van der Waals surface area contributed by atoms with Crippen LogP contribution in [0.1, 0.15) is 12.8 Å². The van der Waals surface area contributed by atoms with E-state index in [1.165, 1.54) is 19.4 Å². The Hall–Kier alpha value is -1.49. The molecule has 0 aliphatic carbocycles. The van der Waals surface area contributed by atoms with Gasteiger partial charge in [0.15, 0.2) is 5.82 Å². The quantitative estimate of drug-likeness (QED) is 0.870. The van der Waals surface area contributed by atoms with Crippen molar-refractivity contribution in [1.29, 1.82) is 0 Å². The van der Waals surface area contributed by atoms with Crippen LogP contribution in [0.25, 0.3) is 0 Å². The molecule has 2 rings (SSSR count). The molecule has 0 amide bonds. The first-order chi connectivity index (χ1) is 8.61. The molecule has 0 aromatic carbocycles. The summed E-state index contributed by atoms with van der Waals surface area (Å²) in [5, 5.41) is 0. The number of hydrogen-bond donors (Lipinski definition) is 1. The number of ether oxygens (including phenoxy) is 1. The summed E-state index contributed by atoms with van der Waals surface area (Å²) in [6, 6.07) is 4.21. The maximum atomic E-state index is 5.98. The second-order valence-corrected chi connectivity index (χ2v) is 4.92. The molecule has 1 saturated heterocycles. The normalized spacial score (nSPS) is 20.1. The highest BCUT2D eigenvalue weighted by Crippen LogP contribution is 2.24. The third-order valence-electron chi connectivity index (χ3n) is 3.61. The minimum atomic E-state index is 0.586. The van der Waals surface area contributed by atoms with Crippen LogP contribution in [0.4, 0.5) is 11.5 Å². The Kier molecular flexibility index (Phi) is 3.91. The van der Waals surface area contributed by atoms with Crippen molar-refractivity contribution in [2.24, 2.45) is 0 Å². The molecule has 0 saturated carbocycles. The lowest BCUT2D eigenvalue weighted by molar-refractivity contribution is 0.313. The molecule has 0 bridgehead atoms. The number of methoxy groups -OCH3 is 1. The summed E-state index contributed by atoms with van der Waals surface area (Å²) in [6.07, 6.45) is 2.51. The minimum absolute atomic E-state index is 0.586. The van der Waals surface area contributed by atoms with Crippen LogP contribution >= 0.6 is 0 Å². The molecule has 1 aromatic heterocycles. The van der Waals surface area contributed by atoms with E-state index in [1.807, 2.05) is 13.1 Å². The number of nitrogen functional groups attached to an aromatic ring is 1. The van der Waals surface area contributed by atoms with E-state index in [4.69, 9.17) is 10.5 Å². The number of aromatic nitrogens is 1. The maximum Gasteiger partial charge on any atom is 0.215 e. The van der Waals surface area contributed by atoms with E-state index < -0.39 is 0 Å². The van der Waals surface area contributed by atoms with E-state index >= 15 is 0 Å². The number of pyridine rings is 1. The number of hydrogen-bond acceptors (Lipinski definition) is 5. The van der Waals surface area contributed by atoms with Gasteiger partial charge in [0.05, 0.1) is 12.8 Å². The van der Waals surface area contributed by atoms with Gasteiger partial charge in [0, 0.05) is 25.7 Å². The summed E-state index contributed by atoms with van der Waals surface area (Å²) < 4.78 is 5.15. The number of nitrogens with two attached hydrogens (primary N) is 1. The average Bonchev–Trinajstić information content (AvgIpc) is 2.75. The van der Waals surface area contributed by atoms with E-state index in [9.17, 15) is 0 Å². The standard InChI is InChI=1S/C13H22N4O/c1-16-8-4-5-10(16)9-17(2)13-11(14)6-7-12(15-13)18-3/h6-7,10H,4-5,8-9,14H2,1-3H3. The van der Waals surface area contributed by atoms with Gasteiger partial charge in [-0.15, -0.1) is 0 Å². The molecule has 0 radical (unpaired) electrons. The van der Waals surface area contributed by atoms with Crippen LogP contribution in [0, 0.1) is 0 Å². The van der Waals surface area contributed by atoms with Crippen LogP contribution < -0.4 is 15.4 Å². The van der Waals surface area contributed by atoms with E-state index in [2.05, 4.69) is 21.8 Å². The van der Waals surface area contributed by atoms with Gasteiger partial charge < -0.3 is 20.3 Å². The van der Waals surface area contributed by atoms with Crippen LogP contribution in [0.5, 0.6) is 5.88 Å². The monoisotopic (exact) mass is 250 g/mol. The SMILES string of the molecule is COc1ccc(N)c(N(C)CC2CCCN2C)n1. The molecule has 5 nitrogen and oxygen atoms in total. The fourth-order valence-corrected chi connectivity index (χ4v) is 2.47. The number of likely N-dealkylation sites (tertiary alicyclic amines) is 1. The minimum Gasteiger partial charge on any atom is -0.481 e. The molecule has 5 heteroatoms. The first kappa shape index (κ1) is 13.0. The Balaban J connectivity index is 2.10. The molecule has 1 aliphatic heterocycles. The summed E-state index contributed by atoms with van der Waals surface area (Å²) in [7, 11) is 5.82. The Bertz CT molecular complexity index is 410. The molecule has 2 heterocycles. The summed E-state index contributed by atoms with van der Waals surface area (Å²) in [5.41, 5.74) is 6.67. The number of rotatable bonds is 4. The number of anilines is 2. The second-order valence-electron chi connectivity index (χ2n) is 4.92. The lowest BCUT2D eigenvalue weighted by Crippen LogP contribution is -2.37. The lowest BCUT2D eigenvalue weighted by Gasteiger charge is -2.27. The average molecular weight is 250 g/mol. The summed E-state index contributed by atoms with van der Waals surface area (Å²) in [6.45, 7) is 2.13. The molecule has 18 heavy (non-hydrogen) atoms. The smallest absolute Gasteiger partial charge is 0.215 e. The number of likely N-dealkylation sites (N-methyl/N-ethyl adjacent to an activating group) is 2. The van der Waals surface area contributed by atoms with Crippen molar-refractivity contribution in [3.05, 3.63) is 12.1 Å². The fourth-order valence-electron chi connectivity index (χ4n) is 2.47. The molecular weight excluding hydrogens is 228 g/mol. The molecule has 1 aromatic rings. The first-order valence-electron chi connectivity index (χ1n) is 6.33. The lowest BCUT2D eigenvalue weighted by atomic mass is 10.2. The van der Waals surface area contributed by atoms with Gasteiger partial charge in [-0.25, -0.2) is 0 Å². The van der Waals surface area contributed by atoms with Crippen LogP contribution in [0.3, 0.4) is 0 Å². The molecular formula is C13H22N4O. The molecule has 1 aliphatic rings. The largest absolute Gasteiger partial charge is 0.481 e. The van der Waals surface area contributed by atoms with E-state index in [0.717, 1.165) is 12.4 Å². The van der Waals surface area contributed by atoms with Crippen LogP contribution in [0.15, 0.2) is 12.1 Å². The Morgan fingerprint density at radius 2 is 2.33 bits per heavy atom. The Morgan fingerprint density at radius 3 is 2.94 bits per heavy atom. The summed E-state index contributed by atoms with van der Waals surface area (Å²) >= 11 is 0. The molecule has 0 spiro atoms. The van der Waals surface area contributed by atoms with Gasteiger partial charge in [0.1, 0.15) is 0 Å². The second kappa shape index (κ2) is 5.44. The zero-order chi connectivity index (χ0) is 13.1. The van der Waals surface area contributed by atoms with Gasteiger partial charge in [0.2, 0.25) is 5.88 Å². The highest BCUT2D eigenvalue weighted by atomic mass is 16.5. The first-order valence-corrected chi connectivity index (χ1v) is 6.33. The predicted octanol–water partition coefficient (Wildman–Crippen LogP) is 1.20. The van der Waals surface area contributed by atoms with Crippen molar-refractivity contribution in [3.63, 3.8) is 0 Å². The van der Waals surface area contributed by atoms with Crippen LogP contribution in [-0.2, 0) is 0 Å². The molecule has 100 valence electrons. The molecule has 1 fully saturated rings. The van der Waals surface area contributed by atoms with Crippen molar-refractivity contribution in [2.75, 3.05) is 44.9 Å². The third kappa shape index (κ3) is 2.67. The van der Waals surface area contributed by atoms with Crippen molar-refractivity contribution in [2.45, 2.75) is 18.9 Å². The fraction of sp³-hybridized carbons (Fsp3) is 0.615. The molecule has 2 N–H and O–H groups in total. The maximum absolute atomic E-state index is 5.98. The van der Waals surface area contributed by atoms with Crippen molar-refractivity contribution in [3.8, 4) is 5.88 Å². The van der Waals surface area contributed by atoms with Crippen LogP contribution in [-0.4, -0.2) is 50.2 Å². The van der Waals surface area contributed by atoms with E-state index in [0.29, 0.717) is 17.6 Å². The highest BCUT2D eigenvalue weighted by Gasteiger charge is 2.23. The van der Waals surface area contributed by atoms with Gasteiger partial charge in [0.25, 0.3) is 0 Å². The van der Waals surface area contributed by atoms with Gasteiger partial charge in [-0.1, -0.05) is 0 Å². The van der Waals surface area contributed by atoms with Gasteiger partial charge >= 0.3 is 0 Å². The zero-order valence-electron chi connectivity index (χ0n) is 11.4. The highest BCUT2D eigenvalue weighted by molar-refractivity contribution is 5.63. The number of nitrogens with zero attached hydrogens (tertiary/aromatic N) is 3. The summed E-state index contributed by atoms with van der Waals surface area (Å²) in [5.74, 6) is 1.40. The van der Waals surface area contributed by atoms with Crippen LogP contribution in [0.2, 0.25) is 0 Å². The summed E-state index contributed by atoms with van der Waals surface area (Å²) in [4.78, 5) is 8.93. The van der Waals surface area contributed by atoms with Crippen molar-refractivity contribution < 1.29 is 4.74 Å². The topological polar surface area (TPSA) is 54.6 Å². The van der Waals surface area contributed by atoms with E-state index in [1.54, 1.807) is 13.2 Å². The Morgan fingerprint density at radius 1 is 1.56 bits per heavy atom. The van der Waals surface area contributed by atoms with Gasteiger partial charge in [-0.05, 0) is 32.5 Å². The third-order valence-corrected chi connectivity index (χ3v) is 3.61. The van der Waals surface area contributed by atoms with Crippen molar-refractivity contribution in [1.82, 2.24) is 9.88 Å². The molecule has 1 atom stereocenters.